The molecule has 1 amide bonds. The van der Waals surface area contributed by atoms with Crippen LogP contribution in [0.4, 0.5) is 0 Å². The maximum atomic E-state index is 12.7. The van der Waals surface area contributed by atoms with Crippen LogP contribution in [0.1, 0.15) is 22.0 Å². The van der Waals surface area contributed by atoms with Crippen LogP contribution in [-0.2, 0) is 0 Å². The Hall–Kier alpha value is -3.06. The number of para-hydroxylation sites is 1. The SMILES string of the molecule is CN(C)C(CNC(=O)c1ccccc1-n1cnnn1)c1ccccc1. The van der Waals surface area contributed by atoms with Crippen LogP contribution in [0.15, 0.2) is 60.9 Å². The van der Waals surface area contributed by atoms with E-state index in [2.05, 4.69) is 37.9 Å². The zero-order chi connectivity index (χ0) is 17.6. The lowest BCUT2D eigenvalue weighted by molar-refractivity contribution is 0.0941. The van der Waals surface area contributed by atoms with Gasteiger partial charge in [-0.3, -0.25) is 4.79 Å². The van der Waals surface area contributed by atoms with E-state index in [0.717, 1.165) is 5.56 Å². The molecule has 3 rings (SSSR count). The van der Waals surface area contributed by atoms with E-state index in [9.17, 15) is 4.79 Å². The minimum atomic E-state index is -0.158. The van der Waals surface area contributed by atoms with E-state index in [0.29, 0.717) is 17.8 Å². The number of aromatic nitrogens is 4. The van der Waals surface area contributed by atoms with Crippen LogP contribution in [0.2, 0.25) is 0 Å². The number of nitrogens with zero attached hydrogens (tertiary/aromatic N) is 5. The summed E-state index contributed by atoms with van der Waals surface area (Å²) in [6, 6.07) is 17.4. The van der Waals surface area contributed by atoms with Gasteiger partial charge in [0.2, 0.25) is 0 Å². The molecule has 0 spiro atoms. The smallest absolute Gasteiger partial charge is 0.253 e. The Morgan fingerprint density at radius 1 is 1.12 bits per heavy atom. The lowest BCUT2D eigenvalue weighted by Gasteiger charge is -2.25. The first-order chi connectivity index (χ1) is 12.2. The molecule has 0 bridgehead atoms. The van der Waals surface area contributed by atoms with E-state index in [1.165, 1.54) is 11.0 Å². The molecule has 0 radical (unpaired) electrons. The fourth-order valence-electron chi connectivity index (χ4n) is 2.70. The Kier molecular flexibility index (Phi) is 5.15. The molecule has 0 aliphatic heterocycles. The first-order valence-electron chi connectivity index (χ1n) is 7.99. The number of tetrazole rings is 1. The van der Waals surface area contributed by atoms with E-state index < -0.39 is 0 Å². The largest absolute Gasteiger partial charge is 0.350 e. The van der Waals surface area contributed by atoms with Crippen molar-refractivity contribution in [2.75, 3.05) is 20.6 Å². The summed E-state index contributed by atoms with van der Waals surface area (Å²) in [5.41, 5.74) is 2.33. The third kappa shape index (κ3) is 3.89. The fraction of sp³-hybridized carbons (Fsp3) is 0.222. The standard InChI is InChI=1S/C18H20N6O/c1-23(2)17(14-8-4-3-5-9-14)12-19-18(25)15-10-6-7-11-16(15)24-13-20-21-22-24/h3-11,13,17H,12H2,1-2H3,(H,19,25). The summed E-state index contributed by atoms with van der Waals surface area (Å²) in [5, 5.41) is 14.1. The number of hydrogen-bond donors (Lipinski definition) is 1. The third-order valence-electron chi connectivity index (χ3n) is 4.01. The molecule has 1 aromatic heterocycles. The molecule has 2 aromatic carbocycles. The molecule has 7 heteroatoms. The summed E-state index contributed by atoms with van der Waals surface area (Å²) in [6.07, 6.45) is 1.47. The van der Waals surface area contributed by atoms with Crippen LogP contribution in [-0.4, -0.2) is 51.7 Å². The van der Waals surface area contributed by atoms with Gasteiger partial charge in [-0.1, -0.05) is 42.5 Å². The predicted octanol–water partition coefficient (Wildman–Crippen LogP) is 1.69. The van der Waals surface area contributed by atoms with Gasteiger partial charge < -0.3 is 10.2 Å². The van der Waals surface area contributed by atoms with Gasteiger partial charge in [-0.2, -0.15) is 4.68 Å². The van der Waals surface area contributed by atoms with E-state index in [-0.39, 0.29) is 11.9 Å². The number of hydrogen-bond acceptors (Lipinski definition) is 5. The summed E-state index contributed by atoms with van der Waals surface area (Å²) in [5.74, 6) is -0.158. The average Bonchev–Trinajstić information content (AvgIpc) is 3.17. The van der Waals surface area contributed by atoms with Gasteiger partial charge in [-0.15, -0.1) is 5.10 Å². The summed E-state index contributed by atoms with van der Waals surface area (Å²) in [4.78, 5) is 14.8. The van der Waals surface area contributed by atoms with Crippen LogP contribution >= 0.6 is 0 Å². The second-order valence-corrected chi connectivity index (χ2v) is 5.87. The van der Waals surface area contributed by atoms with Crippen LogP contribution < -0.4 is 5.32 Å². The molecule has 128 valence electrons. The van der Waals surface area contributed by atoms with Crippen molar-refractivity contribution in [3.8, 4) is 5.69 Å². The van der Waals surface area contributed by atoms with E-state index in [1.807, 2.05) is 50.5 Å². The van der Waals surface area contributed by atoms with Crippen molar-refractivity contribution >= 4 is 5.91 Å². The molecule has 0 fully saturated rings. The van der Waals surface area contributed by atoms with Gasteiger partial charge in [-0.25, -0.2) is 0 Å². The zero-order valence-electron chi connectivity index (χ0n) is 14.2. The minimum Gasteiger partial charge on any atom is -0.350 e. The van der Waals surface area contributed by atoms with Crippen LogP contribution in [0.3, 0.4) is 0 Å². The highest BCUT2D eigenvalue weighted by Gasteiger charge is 2.17. The number of likely N-dealkylation sites (N-methyl/N-ethyl adjacent to an activating group) is 1. The molecule has 3 aromatic rings. The molecule has 1 unspecified atom stereocenters. The summed E-state index contributed by atoms with van der Waals surface area (Å²) >= 11 is 0. The van der Waals surface area contributed by atoms with Gasteiger partial charge in [0.15, 0.2) is 0 Å². The number of nitrogens with one attached hydrogen (secondary N) is 1. The quantitative estimate of drug-likeness (QED) is 0.741. The minimum absolute atomic E-state index is 0.0883. The summed E-state index contributed by atoms with van der Waals surface area (Å²) in [7, 11) is 4.00. The average molecular weight is 336 g/mol. The molecule has 0 saturated heterocycles. The van der Waals surface area contributed by atoms with Crippen molar-refractivity contribution in [1.82, 2.24) is 30.4 Å². The number of carbonyl (C=O) groups excluding carboxylic acids is 1. The van der Waals surface area contributed by atoms with Gasteiger partial charge >= 0.3 is 0 Å². The first-order valence-corrected chi connectivity index (χ1v) is 7.99. The maximum Gasteiger partial charge on any atom is 0.253 e. The molecular formula is C18H20N6O. The normalized spacial score (nSPS) is 12.1. The van der Waals surface area contributed by atoms with Crippen molar-refractivity contribution in [1.29, 1.82) is 0 Å². The number of amides is 1. The van der Waals surface area contributed by atoms with Crippen molar-refractivity contribution in [2.24, 2.45) is 0 Å². The maximum absolute atomic E-state index is 12.7. The molecule has 1 heterocycles. The highest BCUT2D eigenvalue weighted by atomic mass is 16.1. The summed E-state index contributed by atoms with van der Waals surface area (Å²) < 4.78 is 1.48. The zero-order valence-corrected chi connectivity index (χ0v) is 14.2. The van der Waals surface area contributed by atoms with Crippen molar-refractivity contribution in [3.05, 3.63) is 72.1 Å². The number of carbonyl (C=O) groups is 1. The van der Waals surface area contributed by atoms with Gasteiger partial charge in [0.1, 0.15) is 6.33 Å². The molecule has 0 aliphatic rings. The van der Waals surface area contributed by atoms with Gasteiger partial charge in [0.05, 0.1) is 17.3 Å². The molecule has 0 saturated carbocycles. The van der Waals surface area contributed by atoms with Crippen LogP contribution in [0.25, 0.3) is 5.69 Å². The number of benzene rings is 2. The number of rotatable bonds is 6. The summed E-state index contributed by atoms with van der Waals surface area (Å²) in [6.45, 7) is 0.500. The van der Waals surface area contributed by atoms with Crippen molar-refractivity contribution in [2.45, 2.75) is 6.04 Å². The lowest BCUT2D eigenvalue weighted by atomic mass is 10.1. The lowest BCUT2D eigenvalue weighted by Crippen LogP contribution is -2.35. The molecule has 1 atom stereocenters. The molecule has 7 nitrogen and oxygen atoms in total. The Balaban J connectivity index is 1.77. The predicted molar refractivity (Wildman–Crippen MR) is 94.4 cm³/mol. The molecule has 0 aliphatic carbocycles. The monoisotopic (exact) mass is 336 g/mol. The van der Waals surface area contributed by atoms with Gasteiger partial charge in [0.25, 0.3) is 5.91 Å². The molecule has 1 N–H and O–H groups in total. The highest BCUT2D eigenvalue weighted by molar-refractivity contribution is 5.97. The Labute approximate surface area is 146 Å². The Morgan fingerprint density at radius 2 is 1.84 bits per heavy atom. The van der Waals surface area contributed by atoms with Crippen LogP contribution in [0, 0.1) is 0 Å². The van der Waals surface area contributed by atoms with E-state index in [4.69, 9.17) is 0 Å². The van der Waals surface area contributed by atoms with Crippen molar-refractivity contribution < 1.29 is 4.79 Å². The Morgan fingerprint density at radius 3 is 2.52 bits per heavy atom. The van der Waals surface area contributed by atoms with Crippen LogP contribution in [0.5, 0.6) is 0 Å². The molecular weight excluding hydrogens is 316 g/mol. The second kappa shape index (κ2) is 7.67. The van der Waals surface area contributed by atoms with Crippen molar-refractivity contribution in [3.63, 3.8) is 0 Å². The van der Waals surface area contributed by atoms with Gasteiger partial charge in [0, 0.05) is 6.54 Å². The Bertz CT molecular complexity index is 817. The highest BCUT2D eigenvalue weighted by Crippen LogP contribution is 2.18. The van der Waals surface area contributed by atoms with E-state index >= 15 is 0 Å². The second-order valence-electron chi connectivity index (χ2n) is 5.87. The first kappa shape index (κ1) is 16.8. The van der Waals surface area contributed by atoms with E-state index in [1.54, 1.807) is 6.07 Å². The fourth-order valence-corrected chi connectivity index (χ4v) is 2.70. The third-order valence-corrected chi connectivity index (χ3v) is 4.01. The topological polar surface area (TPSA) is 75.9 Å². The van der Waals surface area contributed by atoms with Gasteiger partial charge in [-0.05, 0) is 42.2 Å². The molecule has 25 heavy (non-hydrogen) atoms.